The van der Waals surface area contributed by atoms with Gasteiger partial charge in [-0.25, -0.2) is 19.7 Å². The second-order valence-corrected chi connectivity index (χ2v) is 10.2. The molecule has 10 heteroatoms. The van der Waals surface area contributed by atoms with Gasteiger partial charge < -0.3 is 21.5 Å². The van der Waals surface area contributed by atoms with Gasteiger partial charge in [0, 0.05) is 41.7 Å². The predicted octanol–water partition coefficient (Wildman–Crippen LogP) is 3.54. The van der Waals surface area contributed by atoms with Crippen molar-refractivity contribution >= 4 is 41.0 Å². The molecule has 1 spiro atoms. The van der Waals surface area contributed by atoms with Crippen molar-refractivity contribution in [3.63, 3.8) is 0 Å². The standard InChI is InChI=1S/C25H23ClN6O2S/c26-22-18(5-8-29-24(22)28)35-20-14-30-19(13-31-20)32-9-6-25(7-10-32)12-16-3-1-15(2-4-21(33)34)11-17(16)23(25)27/h1,3,5,8,11,13-14,23H,6-7,9-10,12,27H2,(H2,28,29)(H,33,34)/t23-/m1/s1. The van der Waals surface area contributed by atoms with E-state index in [1.165, 1.54) is 17.3 Å². The van der Waals surface area contributed by atoms with Crippen molar-refractivity contribution in [2.75, 3.05) is 23.7 Å². The maximum absolute atomic E-state index is 10.8. The Balaban J connectivity index is 1.25. The van der Waals surface area contributed by atoms with E-state index in [9.17, 15) is 4.79 Å². The Morgan fingerprint density at radius 2 is 2.00 bits per heavy atom. The van der Waals surface area contributed by atoms with E-state index in [0.717, 1.165) is 53.7 Å². The van der Waals surface area contributed by atoms with E-state index in [2.05, 4.69) is 31.7 Å². The first kappa shape index (κ1) is 23.4. The maximum Gasteiger partial charge on any atom is 0.382 e. The minimum absolute atomic E-state index is 0.0150. The molecule has 0 amide bonds. The first-order chi connectivity index (χ1) is 16.8. The number of aliphatic carboxylic acids is 1. The quantitative estimate of drug-likeness (QED) is 0.456. The highest BCUT2D eigenvalue weighted by Gasteiger charge is 2.46. The van der Waals surface area contributed by atoms with Crippen molar-refractivity contribution in [3.05, 3.63) is 64.6 Å². The van der Waals surface area contributed by atoms with E-state index >= 15 is 0 Å². The largest absolute Gasteiger partial charge is 0.472 e. The molecule has 3 heterocycles. The van der Waals surface area contributed by atoms with Gasteiger partial charge in [-0.2, -0.15) is 0 Å². The van der Waals surface area contributed by atoms with Crippen molar-refractivity contribution in [2.24, 2.45) is 11.1 Å². The summed E-state index contributed by atoms with van der Waals surface area (Å²) in [6.07, 6.45) is 7.93. The second-order valence-electron chi connectivity index (χ2n) is 8.80. The zero-order valence-electron chi connectivity index (χ0n) is 18.7. The lowest BCUT2D eigenvalue weighted by Crippen LogP contribution is -2.44. The Kier molecular flexibility index (Phi) is 6.28. The summed E-state index contributed by atoms with van der Waals surface area (Å²) in [4.78, 5) is 26.9. The number of piperidine rings is 1. The van der Waals surface area contributed by atoms with E-state index in [1.54, 1.807) is 24.7 Å². The molecule has 1 aromatic carbocycles. The highest BCUT2D eigenvalue weighted by atomic mass is 35.5. The summed E-state index contributed by atoms with van der Waals surface area (Å²) in [5.74, 6) is 4.85. The van der Waals surface area contributed by atoms with Gasteiger partial charge in [-0.1, -0.05) is 35.3 Å². The Hall–Kier alpha value is -3.32. The third-order valence-corrected chi connectivity index (χ3v) is 8.28. The normalized spacial score (nSPS) is 18.1. The molecule has 1 aliphatic carbocycles. The molecule has 1 saturated heterocycles. The van der Waals surface area contributed by atoms with Crippen LogP contribution >= 0.6 is 23.4 Å². The fraction of sp³-hybridized carbons (Fsp3) is 0.280. The van der Waals surface area contributed by atoms with Gasteiger partial charge in [0.1, 0.15) is 16.7 Å². The number of nitrogens with zero attached hydrogens (tertiary/aromatic N) is 4. The molecule has 2 aliphatic rings. The highest BCUT2D eigenvalue weighted by molar-refractivity contribution is 7.99. The molecule has 35 heavy (non-hydrogen) atoms. The van der Waals surface area contributed by atoms with E-state index in [0.29, 0.717) is 16.4 Å². The summed E-state index contributed by atoms with van der Waals surface area (Å²) in [6.45, 7) is 1.67. The Labute approximate surface area is 212 Å². The molecule has 0 unspecified atom stereocenters. The SMILES string of the molecule is Nc1nccc(Sc2cnc(N3CCC4(CC3)Cc3ccc(C#CC(=O)O)cc3[C@H]4N)cn2)c1Cl. The summed E-state index contributed by atoms with van der Waals surface area (Å²) in [6, 6.07) is 7.55. The number of benzene rings is 1. The number of fused-ring (bicyclic) bond motifs is 1. The van der Waals surface area contributed by atoms with Crippen LogP contribution in [0.15, 0.2) is 52.8 Å². The molecule has 5 N–H and O–H groups in total. The lowest BCUT2D eigenvalue weighted by molar-refractivity contribution is -0.130. The van der Waals surface area contributed by atoms with Crippen molar-refractivity contribution in [2.45, 2.75) is 35.2 Å². The number of aromatic nitrogens is 3. The number of carboxylic acids is 1. The average Bonchev–Trinajstić information content (AvgIpc) is 3.12. The van der Waals surface area contributed by atoms with Crippen LogP contribution in [0, 0.1) is 17.3 Å². The molecule has 3 aromatic rings. The number of nitrogens with two attached hydrogens (primary N) is 2. The van der Waals surface area contributed by atoms with Crippen LogP contribution in [0.4, 0.5) is 11.6 Å². The number of carbonyl (C=O) groups is 1. The van der Waals surface area contributed by atoms with Crippen molar-refractivity contribution < 1.29 is 9.90 Å². The number of nitrogen functional groups attached to an aromatic ring is 1. The Morgan fingerprint density at radius 3 is 2.71 bits per heavy atom. The van der Waals surface area contributed by atoms with Gasteiger partial charge in [0.05, 0.1) is 17.4 Å². The zero-order chi connectivity index (χ0) is 24.6. The Morgan fingerprint density at radius 1 is 1.20 bits per heavy atom. The minimum Gasteiger partial charge on any atom is -0.472 e. The summed E-state index contributed by atoms with van der Waals surface area (Å²) < 4.78 is 0. The molecule has 2 aromatic heterocycles. The molecule has 1 fully saturated rings. The number of carboxylic acid groups (broad SMARTS) is 1. The van der Waals surface area contributed by atoms with E-state index in [-0.39, 0.29) is 11.5 Å². The summed E-state index contributed by atoms with van der Waals surface area (Å²) in [7, 11) is 0. The number of halogens is 1. The number of hydrogen-bond donors (Lipinski definition) is 3. The van der Waals surface area contributed by atoms with Crippen LogP contribution in [0.5, 0.6) is 0 Å². The first-order valence-electron chi connectivity index (χ1n) is 11.1. The topological polar surface area (TPSA) is 131 Å². The van der Waals surface area contributed by atoms with Crippen LogP contribution in [0.2, 0.25) is 5.02 Å². The lowest BCUT2D eigenvalue weighted by Gasteiger charge is -2.42. The number of rotatable bonds is 3. The third kappa shape index (κ3) is 4.65. The fourth-order valence-electron chi connectivity index (χ4n) is 4.90. The van der Waals surface area contributed by atoms with Gasteiger partial charge in [0.25, 0.3) is 0 Å². The molecular formula is C25H23ClN6O2S. The molecule has 8 nitrogen and oxygen atoms in total. The van der Waals surface area contributed by atoms with E-state index in [1.807, 2.05) is 18.2 Å². The number of pyridine rings is 1. The van der Waals surface area contributed by atoms with Gasteiger partial charge >= 0.3 is 5.97 Å². The van der Waals surface area contributed by atoms with E-state index < -0.39 is 5.97 Å². The maximum atomic E-state index is 10.8. The Bertz CT molecular complexity index is 1350. The molecular weight excluding hydrogens is 484 g/mol. The molecule has 0 saturated carbocycles. The van der Waals surface area contributed by atoms with E-state index in [4.69, 9.17) is 28.2 Å². The fourth-order valence-corrected chi connectivity index (χ4v) is 5.88. The van der Waals surface area contributed by atoms with Crippen LogP contribution in [-0.4, -0.2) is 39.1 Å². The molecule has 1 aliphatic heterocycles. The molecule has 0 radical (unpaired) electrons. The summed E-state index contributed by atoms with van der Waals surface area (Å²) in [5.41, 5.74) is 15.5. The van der Waals surface area contributed by atoms with Crippen LogP contribution in [0.1, 0.15) is 35.6 Å². The first-order valence-corrected chi connectivity index (χ1v) is 12.3. The van der Waals surface area contributed by atoms with Crippen molar-refractivity contribution in [3.8, 4) is 11.8 Å². The van der Waals surface area contributed by atoms with Gasteiger partial charge in [0.15, 0.2) is 0 Å². The zero-order valence-corrected chi connectivity index (χ0v) is 20.3. The third-order valence-electron chi connectivity index (χ3n) is 6.79. The average molecular weight is 507 g/mol. The predicted molar refractivity (Wildman–Crippen MR) is 135 cm³/mol. The van der Waals surface area contributed by atoms with Gasteiger partial charge in [-0.3, -0.25) is 0 Å². The van der Waals surface area contributed by atoms with Crippen LogP contribution < -0.4 is 16.4 Å². The van der Waals surface area contributed by atoms with Crippen LogP contribution in [0.25, 0.3) is 0 Å². The van der Waals surface area contributed by atoms with Crippen molar-refractivity contribution in [1.29, 1.82) is 0 Å². The monoisotopic (exact) mass is 506 g/mol. The summed E-state index contributed by atoms with van der Waals surface area (Å²) in [5, 5.41) is 9.96. The highest BCUT2D eigenvalue weighted by Crippen LogP contribution is 2.51. The van der Waals surface area contributed by atoms with Crippen LogP contribution in [-0.2, 0) is 11.2 Å². The van der Waals surface area contributed by atoms with Crippen LogP contribution in [0.3, 0.4) is 0 Å². The molecule has 5 rings (SSSR count). The molecule has 1 atom stereocenters. The summed E-state index contributed by atoms with van der Waals surface area (Å²) >= 11 is 7.63. The van der Waals surface area contributed by atoms with Gasteiger partial charge in [-0.05, 0) is 54.0 Å². The molecule has 0 bridgehead atoms. The molecule has 178 valence electrons. The second kappa shape index (κ2) is 9.38. The van der Waals surface area contributed by atoms with Crippen molar-refractivity contribution in [1.82, 2.24) is 15.0 Å². The number of anilines is 2. The smallest absolute Gasteiger partial charge is 0.382 e. The number of hydrogen-bond acceptors (Lipinski definition) is 8. The lowest BCUT2D eigenvalue weighted by atomic mass is 9.73. The van der Waals surface area contributed by atoms with Gasteiger partial charge in [0.2, 0.25) is 0 Å². The van der Waals surface area contributed by atoms with Gasteiger partial charge in [-0.15, -0.1) is 0 Å². The minimum atomic E-state index is -1.14.